The first-order valence-electron chi connectivity index (χ1n) is 5.38. The fraction of sp³-hybridized carbons (Fsp3) is 0.0833. The number of nitrogens with zero attached hydrogens (tertiary/aromatic N) is 1. The van der Waals surface area contributed by atoms with Gasteiger partial charge < -0.3 is 15.8 Å². The molecule has 0 atom stereocenters. The summed E-state index contributed by atoms with van der Waals surface area (Å²) in [6.45, 7) is 0. The molecule has 1 aromatic heterocycles. The van der Waals surface area contributed by atoms with E-state index in [1.165, 1.54) is 12.1 Å². The number of halogens is 4. The molecule has 4 nitrogen and oxygen atoms in total. The second-order valence-corrected chi connectivity index (χ2v) is 4.68. The van der Waals surface area contributed by atoms with Crippen LogP contribution in [0.2, 0.25) is 0 Å². The zero-order valence-corrected chi connectivity index (χ0v) is 11.5. The van der Waals surface area contributed by atoms with Gasteiger partial charge in [0.1, 0.15) is 11.6 Å². The van der Waals surface area contributed by atoms with Crippen LogP contribution in [0.3, 0.4) is 0 Å². The molecule has 0 aliphatic rings. The van der Waals surface area contributed by atoms with Gasteiger partial charge in [0.25, 0.3) is 0 Å². The van der Waals surface area contributed by atoms with Crippen LogP contribution in [0.4, 0.5) is 30.5 Å². The lowest BCUT2D eigenvalue weighted by molar-refractivity contribution is -0.274. The number of hydrogen-bond donors (Lipinski definition) is 2. The molecular weight excluding hydrogens is 339 g/mol. The topological polar surface area (TPSA) is 60.2 Å². The van der Waals surface area contributed by atoms with E-state index in [4.69, 9.17) is 5.73 Å². The Morgan fingerprint density at radius 2 is 1.95 bits per heavy atom. The molecule has 0 amide bonds. The molecule has 0 radical (unpaired) electrons. The van der Waals surface area contributed by atoms with E-state index in [1.54, 1.807) is 24.3 Å². The third-order valence-corrected chi connectivity index (χ3v) is 2.70. The third-order valence-electron chi connectivity index (χ3n) is 2.20. The quantitative estimate of drug-likeness (QED) is 0.878. The summed E-state index contributed by atoms with van der Waals surface area (Å²) < 4.78 is 41.5. The molecule has 0 saturated carbocycles. The fourth-order valence-corrected chi connectivity index (χ4v) is 1.81. The highest BCUT2D eigenvalue weighted by Gasteiger charge is 2.32. The summed E-state index contributed by atoms with van der Waals surface area (Å²) in [4.78, 5) is 3.95. The molecule has 0 aliphatic heterocycles. The maximum Gasteiger partial charge on any atom is 0.573 e. The Kier molecular flexibility index (Phi) is 4.03. The second kappa shape index (κ2) is 5.58. The molecule has 20 heavy (non-hydrogen) atoms. The van der Waals surface area contributed by atoms with Gasteiger partial charge in [-0.25, -0.2) is 4.98 Å². The molecule has 1 heterocycles. The number of benzene rings is 1. The second-order valence-electron chi connectivity index (χ2n) is 3.76. The van der Waals surface area contributed by atoms with E-state index in [1.807, 2.05) is 0 Å². The first-order chi connectivity index (χ1) is 9.33. The standard InChI is InChI=1S/C12H9BrF3N3O/c13-7-4-5-8(9(6-7)20-12(14,15)16)18-11-3-1-2-10(17)19-11/h1-6H,(H3,17,18,19). The number of hydrogen-bond acceptors (Lipinski definition) is 4. The highest BCUT2D eigenvalue weighted by molar-refractivity contribution is 9.10. The number of aromatic nitrogens is 1. The first kappa shape index (κ1) is 14.4. The number of ether oxygens (including phenoxy) is 1. The summed E-state index contributed by atoms with van der Waals surface area (Å²) in [5, 5.41) is 2.73. The van der Waals surface area contributed by atoms with E-state index in [0.29, 0.717) is 10.3 Å². The molecule has 1 aromatic carbocycles. The Morgan fingerprint density at radius 3 is 2.60 bits per heavy atom. The average molecular weight is 348 g/mol. The molecule has 8 heteroatoms. The van der Waals surface area contributed by atoms with Crippen LogP contribution in [0.15, 0.2) is 40.9 Å². The van der Waals surface area contributed by atoms with Crippen molar-refractivity contribution in [2.45, 2.75) is 6.36 Å². The maximum absolute atomic E-state index is 12.4. The van der Waals surface area contributed by atoms with E-state index in [0.717, 1.165) is 0 Å². The number of alkyl halides is 3. The molecule has 0 fully saturated rings. The number of rotatable bonds is 3. The molecular formula is C12H9BrF3N3O. The Hall–Kier alpha value is -1.96. The molecule has 0 spiro atoms. The minimum Gasteiger partial charge on any atom is -0.404 e. The van der Waals surface area contributed by atoms with Gasteiger partial charge >= 0.3 is 6.36 Å². The summed E-state index contributed by atoms with van der Waals surface area (Å²) in [6, 6.07) is 9.01. The zero-order valence-electron chi connectivity index (χ0n) is 9.91. The lowest BCUT2D eigenvalue weighted by Gasteiger charge is -2.14. The summed E-state index contributed by atoms with van der Waals surface area (Å²) >= 11 is 3.09. The summed E-state index contributed by atoms with van der Waals surface area (Å²) in [5.41, 5.74) is 5.63. The molecule has 0 aliphatic carbocycles. The van der Waals surface area contributed by atoms with Crippen LogP contribution in [0.25, 0.3) is 0 Å². The summed E-state index contributed by atoms with van der Waals surface area (Å²) in [6.07, 6.45) is -4.78. The summed E-state index contributed by atoms with van der Waals surface area (Å²) in [7, 11) is 0. The third kappa shape index (κ3) is 4.02. The van der Waals surface area contributed by atoms with Crippen LogP contribution < -0.4 is 15.8 Å². The highest BCUT2D eigenvalue weighted by Crippen LogP contribution is 2.34. The number of anilines is 3. The molecule has 0 saturated heterocycles. The smallest absolute Gasteiger partial charge is 0.404 e. The molecule has 3 N–H and O–H groups in total. The molecule has 106 valence electrons. The molecule has 0 unspecified atom stereocenters. The van der Waals surface area contributed by atoms with Crippen LogP contribution in [-0.4, -0.2) is 11.3 Å². The van der Waals surface area contributed by atoms with Gasteiger partial charge in [0.15, 0.2) is 5.75 Å². The van der Waals surface area contributed by atoms with Crippen LogP contribution >= 0.6 is 15.9 Å². The predicted molar refractivity (Wildman–Crippen MR) is 72.8 cm³/mol. The highest BCUT2D eigenvalue weighted by atomic mass is 79.9. The van der Waals surface area contributed by atoms with E-state index in [-0.39, 0.29) is 17.3 Å². The van der Waals surface area contributed by atoms with Gasteiger partial charge in [-0.2, -0.15) is 0 Å². The average Bonchev–Trinajstić information content (AvgIpc) is 2.31. The van der Waals surface area contributed by atoms with Crippen molar-refractivity contribution in [2.24, 2.45) is 0 Å². The van der Waals surface area contributed by atoms with Crippen LogP contribution in [-0.2, 0) is 0 Å². The molecule has 2 rings (SSSR count). The lowest BCUT2D eigenvalue weighted by Crippen LogP contribution is -2.18. The SMILES string of the molecule is Nc1cccc(Nc2ccc(Br)cc2OC(F)(F)F)n1. The Labute approximate surface area is 120 Å². The monoisotopic (exact) mass is 347 g/mol. The van der Waals surface area contributed by atoms with Gasteiger partial charge in [-0.05, 0) is 30.3 Å². The van der Waals surface area contributed by atoms with Gasteiger partial charge in [0.2, 0.25) is 0 Å². The van der Waals surface area contributed by atoms with Crippen molar-refractivity contribution in [1.29, 1.82) is 0 Å². The first-order valence-corrected chi connectivity index (χ1v) is 6.18. The van der Waals surface area contributed by atoms with Crippen molar-refractivity contribution in [3.05, 3.63) is 40.9 Å². The Balaban J connectivity index is 2.31. The van der Waals surface area contributed by atoms with E-state index in [9.17, 15) is 13.2 Å². The minimum atomic E-state index is -4.78. The number of nitrogen functional groups attached to an aromatic ring is 1. The van der Waals surface area contributed by atoms with Gasteiger partial charge in [-0.15, -0.1) is 13.2 Å². The number of nitrogens with two attached hydrogens (primary N) is 1. The maximum atomic E-state index is 12.4. The predicted octanol–water partition coefficient (Wildman–Crippen LogP) is 4.07. The van der Waals surface area contributed by atoms with Crippen molar-refractivity contribution < 1.29 is 17.9 Å². The van der Waals surface area contributed by atoms with E-state index >= 15 is 0 Å². The summed E-state index contributed by atoms with van der Waals surface area (Å²) in [5.74, 6) is 0.209. The molecule has 2 aromatic rings. The Bertz CT molecular complexity index is 619. The van der Waals surface area contributed by atoms with Crippen LogP contribution in [0.1, 0.15) is 0 Å². The number of pyridine rings is 1. The van der Waals surface area contributed by atoms with Crippen LogP contribution in [0.5, 0.6) is 5.75 Å². The van der Waals surface area contributed by atoms with Gasteiger partial charge in [0.05, 0.1) is 5.69 Å². The number of nitrogens with one attached hydrogen (secondary N) is 1. The normalized spacial score (nSPS) is 11.2. The minimum absolute atomic E-state index is 0.128. The Morgan fingerprint density at radius 1 is 1.20 bits per heavy atom. The van der Waals surface area contributed by atoms with Gasteiger partial charge in [-0.1, -0.05) is 22.0 Å². The van der Waals surface area contributed by atoms with Crippen molar-refractivity contribution in [3.63, 3.8) is 0 Å². The fourth-order valence-electron chi connectivity index (χ4n) is 1.47. The largest absolute Gasteiger partial charge is 0.573 e. The van der Waals surface area contributed by atoms with Crippen molar-refractivity contribution in [3.8, 4) is 5.75 Å². The molecule has 0 bridgehead atoms. The van der Waals surface area contributed by atoms with Crippen LogP contribution in [0, 0.1) is 0 Å². The van der Waals surface area contributed by atoms with Gasteiger partial charge in [-0.3, -0.25) is 0 Å². The van der Waals surface area contributed by atoms with Crippen molar-refractivity contribution in [1.82, 2.24) is 4.98 Å². The lowest BCUT2D eigenvalue weighted by atomic mass is 10.3. The van der Waals surface area contributed by atoms with Gasteiger partial charge in [0, 0.05) is 4.47 Å². The van der Waals surface area contributed by atoms with Crippen molar-refractivity contribution in [2.75, 3.05) is 11.1 Å². The van der Waals surface area contributed by atoms with E-state index < -0.39 is 6.36 Å². The van der Waals surface area contributed by atoms with Crippen molar-refractivity contribution >= 4 is 33.3 Å². The zero-order chi connectivity index (χ0) is 14.8. The van der Waals surface area contributed by atoms with E-state index in [2.05, 4.69) is 31.0 Å².